The van der Waals surface area contributed by atoms with E-state index in [-0.39, 0.29) is 30.7 Å². The predicted molar refractivity (Wildman–Crippen MR) is 59.9 cm³/mol. The van der Waals surface area contributed by atoms with Gasteiger partial charge in [0.2, 0.25) is 5.91 Å². The Morgan fingerprint density at radius 3 is 2.23 bits per heavy atom. The summed E-state index contributed by atoms with van der Waals surface area (Å²) >= 11 is 0. The lowest BCUT2D eigenvalue weighted by Crippen LogP contribution is -2.08. The van der Waals surface area contributed by atoms with Crippen LogP contribution >= 0.6 is 24.8 Å². The van der Waals surface area contributed by atoms with Gasteiger partial charge in [-0.3, -0.25) is 4.79 Å². The van der Waals surface area contributed by atoms with Crippen LogP contribution in [0.3, 0.4) is 0 Å². The van der Waals surface area contributed by atoms with E-state index in [1.165, 1.54) is 0 Å². The summed E-state index contributed by atoms with van der Waals surface area (Å²) in [5.41, 5.74) is 0.861. The highest BCUT2D eigenvalue weighted by molar-refractivity contribution is 5.90. The topological polar surface area (TPSA) is 29.1 Å². The normalized spacial score (nSPS) is 7.77. The van der Waals surface area contributed by atoms with Gasteiger partial charge in [-0.1, -0.05) is 25.1 Å². The van der Waals surface area contributed by atoms with E-state index in [0.29, 0.717) is 6.42 Å². The van der Waals surface area contributed by atoms with Crippen LogP contribution in [0.4, 0.5) is 5.69 Å². The first-order valence-electron chi connectivity index (χ1n) is 3.68. The molecule has 74 valence electrons. The molecule has 0 spiro atoms. The number of halogens is 2. The summed E-state index contributed by atoms with van der Waals surface area (Å²) < 4.78 is 0. The van der Waals surface area contributed by atoms with Crippen LogP contribution in [0, 0.1) is 0 Å². The number of anilines is 1. The second kappa shape index (κ2) is 7.90. The van der Waals surface area contributed by atoms with E-state index in [4.69, 9.17) is 0 Å². The Hall–Kier alpha value is -0.730. The molecule has 0 aliphatic heterocycles. The molecule has 2 nitrogen and oxygen atoms in total. The number of hydrogen-bond acceptors (Lipinski definition) is 1. The van der Waals surface area contributed by atoms with Gasteiger partial charge < -0.3 is 5.32 Å². The highest BCUT2D eigenvalue weighted by Crippen LogP contribution is 2.04. The van der Waals surface area contributed by atoms with Crippen LogP contribution in [-0.4, -0.2) is 5.91 Å². The van der Waals surface area contributed by atoms with E-state index >= 15 is 0 Å². The van der Waals surface area contributed by atoms with E-state index < -0.39 is 0 Å². The summed E-state index contributed by atoms with van der Waals surface area (Å²) in [6, 6.07) is 9.44. The van der Waals surface area contributed by atoms with Gasteiger partial charge in [0.05, 0.1) is 0 Å². The quantitative estimate of drug-likeness (QED) is 0.818. The van der Waals surface area contributed by atoms with Crippen molar-refractivity contribution in [3.05, 3.63) is 30.3 Å². The molecule has 1 N–H and O–H groups in total. The summed E-state index contributed by atoms with van der Waals surface area (Å²) in [6.45, 7) is 1.83. The SMILES string of the molecule is CCC(=O)Nc1ccccc1.Cl.Cl. The van der Waals surface area contributed by atoms with E-state index in [1.807, 2.05) is 37.3 Å². The summed E-state index contributed by atoms with van der Waals surface area (Å²) in [4.78, 5) is 10.9. The minimum atomic E-state index is 0. The van der Waals surface area contributed by atoms with Crippen molar-refractivity contribution in [3.8, 4) is 0 Å². The Balaban J connectivity index is 0. The van der Waals surface area contributed by atoms with Gasteiger partial charge in [0.25, 0.3) is 0 Å². The van der Waals surface area contributed by atoms with Gasteiger partial charge >= 0.3 is 0 Å². The molecule has 0 fully saturated rings. The zero-order chi connectivity index (χ0) is 8.10. The molecule has 0 aliphatic carbocycles. The van der Waals surface area contributed by atoms with Crippen molar-refractivity contribution in [3.63, 3.8) is 0 Å². The summed E-state index contributed by atoms with van der Waals surface area (Å²) in [7, 11) is 0. The zero-order valence-electron chi connectivity index (χ0n) is 7.32. The lowest BCUT2D eigenvalue weighted by atomic mass is 10.3. The van der Waals surface area contributed by atoms with Gasteiger partial charge in [0, 0.05) is 12.1 Å². The maximum Gasteiger partial charge on any atom is 0.224 e. The fraction of sp³-hybridized carbons (Fsp3) is 0.222. The number of rotatable bonds is 2. The molecule has 1 rings (SSSR count). The highest BCUT2D eigenvalue weighted by atomic mass is 35.5. The Morgan fingerprint density at radius 1 is 1.23 bits per heavy atom. The monoisotopic (exact) mass is 221 g/mol. The molecule has 0 saturated heterocycles. The van der Waals surface area contributed by atoms with Crippen molar-refractivity contribution in [2.75, 3.05) is 5.32 Å². The van der Waals surface area contributed by atoms with E-state index in [9.17, 15) is 4.79 Å². The van der Waals surface area contributed by atoms with Crippen LogP contribution in [0.2, 0.25) is 0 Å². The molecule has 0 saturated carbocycles. The van der Waals surface area contributed by atoms with Crippen LogP contribution in [-0.2, 0) is 4.79 Å². The number of benzene rings is 1. The second-order valence-electron chi connectivity index (χ2n) is 2.27. The van der Waals surface area contributed by atoms with Gasteiger partial charge in [0.1, 0.15) is 0 Å². The molecule has 0 aromatic heterocycles. The lowest BCUT2D eigenvalue weighted by molar-refractivity contribution is -0.115. The van der Waals surface area contributed by atoms with Crippen molar-refractivity contribution in [2.45, 2.75) is 13.3 Å². The van der Waals surface area contributed by atoms with Crippen molar-refractivity contribution >= 4 is 36.4 Å². The van der Waals surface area contributed by atoms with E-state index in [1.54, 1.807) is 0 Å². The number of hydrogen-bond donors (Lipinski definition) is 1. The van der Waals surface area contributed by atoms with Crippen LogP contribution in [0.15, 0.2) is 30.3 Å². The smallest absolute Gasteiger partial charge is 0.224 e. The molecule has 1 aromatic carbocycles. The third-order valence-electron chi connectivity index (χ3n) is 1.38. The molecular weight excluding hydrogens is 209 g/mol. The Bertz CT molecular complexity index is 239. The van der Waals surface area contributed by atoms with Gasteiger partial charge in [-0.05, 0) is 12.1 Å². The molecule has 0 bridgehead atoms. The van der Waals surface area contributed by atoms with Crippen LogP contribution < -0.4 is 5.32 Å². The van der Waals surface area contributed by atoms with Crippen molar-refractivity contribution in [1.82, 2.24) is 0 Å². The molecule has 0 unspecified atom stereocenters. The average molecular weight is 222 g/mol. The Labute approximate surface area is 90.5 Å². The Morgan fingerprint density at radius 2 is 1.77 bits per heavy atom. The van der Waals surface area contributed by atoms with Crippen molar-refractivity contribution in [1.29, 1.82) is 0 Å². The number of nitrogens with one attached hydrogen (secondary N) is 1. The third kappa shape index (κ3) is 5.50. The zero-order valence-corrected chi connectivity index (χ0v) is 8.95. The Kier molecular flexibility index (Phi) is 8.97. The highest BCUT2D eigenvalue weighted by Gasteiger charge is 1.95. The van der Waals surface area contributed by atoms with Crippen molar-refractivity contribution in [2.24, 2.45) is 0 Å². The standard InChI is InChI=1S/C9H11NO.2ClH/c1-2-9(11)10-8-6-4-3-5-7-8;;/h3-7H,2H2,1H3,(H,10,11);2*1H. The predicted octanol–water partition coefficient (Wildman–Crippen LogP) is 2.88. The molecule has 0 aliphatic rings. The largest absolute Gasteiger partial charge is 0.326 e. The maximum absolute atomic E-state index is 10.9. The number of para-hydroxylation sites is 1. The second-order valence-corrected chi connectivity index (χ2v) is 2.27. The fourth-order valence-electron chi connectivity index (χ4n) is 0.771. The lowest BCUT2D eigenvalue weighted by Gasteiger charge is -2.00. The summed E-state index contributed by atoms with van der Waals surface area (Å²) in [5, 5.41) is 2.75. The van der Waals surface area contributed by atoms with Gasteiger partial charge in [-0.25, -0.2) is 0 Å². The number of amides is 1. The van der Waals surface area contributed by atoms with Crippen molar-refractivity contribution < 1.29 is 4.79 Å². The molecule has 1 aromatic rings. The average Bonchev–Trinajstić information content (AvgIpc) is 2.06. The first kappa shape index (κ1) is 14.8. The van der Waals surface area contributed by atoms with E-state index in [0.717, 1.165) is 5.69 Å². The molecular formula is C9H13Cl2NO. The molecule has 0 atom stereocenters. The molecule has 13 heavy (non-hydrogen) atoms. The van der Waals surface area contributed by atoms with Crippen LogP contribution in [0.25, 0.3) is 0 Å². The van der Waals surface area contributed by atoms with Gasteiger partial charge in [-0.2, -0.15) is 0 Å². The molecule has 0 radical (unpaired) electrons. The maximum atomic E-state index is 10.9. The molecule has 1 amide bonds. The number of carbonyl (C=O) groups is 1. The van der Waals surface area contributed by atoms with Gasteiger partial charge in [-0.15, -0.1) is 24.8 Å². The first-order chi connectivity index (χ1) is 5.33. The van der Waals surface area contributed by atoms with E-state index in [2.05, 4.69) is 5.32 Å². The first-order valence-corrected chi connectivity index (χ1v) is 3.68. The molecule has 4 heteroatoms. The molecule has 0 heterocycles. The minimum Gasteiger partial charge on any atom is -0.326 e. The van der Waals surface area contributed by atoms with Crippen LogP contribution in [0.5, 0.6) is 0 Å². The number of carbonyl (C=O) groups excluding carboxylic acids is 1. The summed E-state index contributed by atoms with van der Waals surface area (Å²) in [5.74, 6) is 0.0520. The fourth-order valence-corrected chi connectivity index (χ4v) is 0.771. The van der Waals surface area contributed by atoms with Crippen LogP contribution in [0.1, 0.15) is 13.3 Å². The van der Waals surface area contributed by atoms with Gasteiger partial charge in [0.15, 0.2) is 0 Å². The third-order valence-corrected chi connectivity index (χ3v) is 1.38. The minimum absolute atomic E-state index is 0. The summed E-state index contributed by atoms with van der Waals surface area (Å²) in [6.07, 6.45) is 0.523.